The minimum atomic E-state index is 0.133. The average Bonchev–Trinajstić information content (AvgIpc) is 2.95. The molecule has 0 N–H and O–H groups in total. The Balaban J connectivity index is 1.58. The van der Waals surface area contributed by atoms with Crippen LogP contribution in [0.2, 0.25) is 0 Å². The number of fused-ring (bicyclic) bond motifs is 1. The standard InChI is InChI=1S/C17H25ClN2/c1-2-19-8-10-20(11-9-19)13-17(18)16-7-6-14-4-3-5-15(14)12-16/h6-7,12,17H,2-5,8-11,13H2,1H3. The van der Waals surface area contributed by atoms with Gasteiger partial charge in [-0.05, 0) is 42.5 Å². The molecule has 110 valence electrons. The van der Waals surface area contributed by atoms with E-state index in [0.717, 1.165) is 19.6 Å². The van der Waals surface area contributed by atoms with Crippen LogP contribution in [0.5, 0.6) is 0 Å². The third kappa shape index (κ3) is 3.19. The van der Waals surface area contributed by atoms with Gasteiger partial charge in [0.1, 0.15) is 0 Å². The second-order valence-electron chi connectivity index (χ2n) is 6.08. The first-order chi connectivity index (χ1) is 9.76. The number of hydrogen-bond acceptors (Lipinski definition) is 2. The van der Waals surface area contributed by atoms with Crippen molar-refractivity contribution in [3.8, 4) is 0 Å². The molecule has 0 radical (unpaired) electrons. The van der Waals surface area contributed by atoms with Gasteiger partial charge in [-0.15, -0.1) is 11.6 Å². The summed E-state index contributed by atoms with van der Waals surface area (Å²) in [6, 6.07) is 6.88. The highest BCUT2D eigenvalue weighted by atomic mass is 35.5. The van der Waals surface area contributed by atoms with E-state index in [0.29, 0.717) is 0 Å². The Bertz CT molecular complexity index is 452. The van der Waals surface area contributed by atoms with Gasteiger partial charge in [0.05, 0.1) is 5.38 Å². The highest BCUT2D eigenvalue weighted by Crippen LogP contribution is 2.28. The van der Waals surface area contributed by atoms with Crippen LogP contribution in [0, 0.1) is 0 Å². The van der Waals surface area contributed by atoms with Gasteiger partial charge < -0.3 is 4.90 Å². The van der Waals surface area contributed by atoms with Gasteiger partial charge in [-0.1, -0.05) is 25.1 Å². The largest absolute Gasteiger partial charge is 0.301 e. The summed E-state index contributed by atoms with van der Waals surface area (Å²) in [4.78, 5) is 5.02. The lowest BCUT2D eigenvalue weighted by atomic mass is 10.0. The Kier molecular flexibility index (Phi) is 4.65. The summed E-state index contributed by atoms with van der Waals surface area (Å²) in [6.07, 6.45) is 3.80. The maximum atomic E-state index is 6.66. The first-order valence-electron chi connectivity index (χ1n) is 7.96. The Morgan fingerprint density at radius 2 is 1.75 bits per heavy atom. The predicted molar refractivity (Wildman–Crippen MR) is 85.6 cm³/mol. The zero-order valence-corrected chi connectivity index (χ0v) is 13.2. The number of alkyl halides is 1. The Morgan fingerprint density at radius 3 is 2.50 bits per heavy atom. The summed E-state index contributed by atoms with van der Waals surface area (Å²) in [5.41, 5.74) is 4.38. The summed E-state index contributed by atoms with van der Waals surface area (Å²) in [5.74, 6) is 0. The SMILES string of the molecule is CCN1CCN(CC(Cl)c2ccc3c(c2)CCC3)CC1. The molecule has 1 aliphatic heterocycles. The lowest BCUT2D eigenvalue weighted by molar-refractivity contribution is 0.137. The van der Waals surface area contributed by atoms with Gasteiger partial charge in [0.25, 0.3) is 0 Å². The van der Waals surface area contributed by atoms with Gasteiger partial charge in [-0.2, -0.15) is 0 Å². The van der Waals surface area contributed by atoms with Crippen molar-refractivity contribution in [2.45, 2.75) is 31.6 Å². The summed E-state index contributed by atoms with van der Waals surface area (Å²) >= 11 is 6.66. The third-order valence-electron chi connectivity index (χ3n) is 4.81. The molecule has 1 aromatic carbocycles. The van der Waals surface area contributed by atoms with E-state index in [-0.39, 0.29) is 5.38 Å². The molecule has 0 amide bonds. The lowest BCUT2D eigenvalue weighted by Gasteiger charge is -2.35. The summed E-state index contributed by atoms with van der Waals surface area (Å²) < 4.78 is 0. The molecule has 1 aromatic rings. The van der Waals surface area contributed by atoms with Crippen LogP contribution in [-0.2, 0) is 12.8 Å². The number of rotatable bonds is 4. The fourth-order valence-electron chi connectivity index (χ4n) is 3.41. The van der Waals surface area contributed by atoms with E-state index in [1.54, 1.807) is 0 Å². The Labute approximate surface area is 127 Å². The zero-order valence-electron chi connectivity index (χ0n) is 12.4. The predicted octanol–water partition coefficient (Wildman–Crippen LogP) is 3.09. The minimum absolute atomic E-state index is 0.133. The number of likely N-dealkylation sites (N-methyl/N-ethyl adjacent to an activating group) is 1. The van der Waals surface area contributed by atoms with Gasteiger partial charge >= 0.3 is 0 Å². The maximum Gasteiger partial charge on any atom is 0.0712 e. The molecule has 1 atom stereocenters. The highest BCUT2D eigenvalue weighted by Gasteiger charge is 2.20. The van der Waals surface area contributed by atoms with Crippen LogP contribution >= 0.6 is 11.6 Å². The minimum Gasteiger partial charge on any atom is -0.301 e. The highest BCUT2D eigenvalue weighted by molar-refractivity contribution is 6.21. The van der Waals surface area contributed by atoms with E-state index >= 15 is 0 Å². The Hall–Kier alpha value is -0.570. The second kappa shape index (κ2) is 6.46. The summed E-state index contributed by atoms with van der Waals surface area (Å²) in [7, 11) is 0. The molecular formula is C17H25ClN2. The van der Waals surface area contributed by atoms with Gasteiger partial charge in [0.15, 0.2) is 0 Å². The van der Waals surface area contributed by atoms with Crippen LogP contribution in [0.4, 0.5) is 0 Å². The molecule has 1 unspecified atom stereocenters. The van der Waals surface area contributed by atoms with Crippen molar-refractivity contribution >= 4 is 11.6 Å². The molecule has 2 aliphatic rings. The van der Waals surface area contributed by atoms with Crippen molar-refractivity contribution in [3.05, 3.63) is 34.9 Å². The van der Waals surface area contributed by atoms with E-state index < -0.39 is 0 Å². The molecule has 20 heavy (non-hydrogen) atoms. The van der Waals surface area contributed by atoms with Crippen LogP contribution in [0.25, 0.3) is 0 Å². The molecule has 1 heterocycles. The maximum absolute atomic E-state index is 6.66. The van der Waals surface area contributed by atoms with E-state index in [2.05, 4.69) is 34.9 Å². The second-order valence-corrected chi connectivity index (χ2v) is 6.61. The molecule has 0 saturated carbocycles. The molecule has 1 aliphatic carbocycles. The lowest BCUT2D eigenvalue weighted by Crippen LogP contribution is -2.46. The summed E-state index contributed by atoms with van der Waals surface area (Å²) in [6.45, 7) is 9.07. The molecular weight excluding hydrogens is 268 g/mol. The molecule has 0 spiro atoms. The van der Waals surface area contributed by atoms with Gasteiger partial charge in [-0.25, -0.2) is 0 Å². The van der Waals surface area contributed by atoms with Crippen molar-refractivity contribution in [2.24, 2.45) is 0 Å². The number of hydrogen-bond donors (Lipinski definition) is 0. The van der Waals surface area contributed by atoms with Gasteiger partial charge in [-0.3, -0.25) is 4.90 Å². The number of aryl methyl sites for hydroxylation is 2. The van der Waals surface area contributed by atoms with Crippen LogP contribution in [0.3, 0.4) is 0 Å². The number of halogens is 1. The molecule has 3 rings (SSSR count). The van der Waals surface area contributed by atoms with E-state index in [1.807, 2.05) is 0 Å². The van der Waals surface area contributed by atoms with Crippen molar-refractivity contribution in [1.82, 2.24) is 9.80 Å². The summed E-state index contributed by atoms with van der Waals surface area (Å²) in [5, 5.41) is 0.133. The van der Waals surface area contributed by atoms with Crippen molar-refractivity contribution in [1.29, 1.82) is 0 Å². The third-order valence-corrected chi connectivity index (χ3v) is 5.20. The fourth-order valence-corrected chi connectivity index (χ4v) is 3.74. The zero-order chi connectivity index (χ0) is 13.9. The van der Waals surface area contributed by atoms with E-state index in [4.69, 9.17) is 11.6 Å². The van der Waals surface area contributed by atoms with Crippen molar-refractivity contribution < 1.29 is 0 Å². The van der Waals surface area contributed by atoms with Crippen LogP contribution in [-0.4, -0.2) is 49.1 Å². The quantitative estimate of drug-likeness (QED) is 0.787. The van der Waals surface area contributed by atoms with Crippen LogP contribution < -0.4 is 0 Å². The number of piperazine rings is 1. The van der Waals surface area contributed by atoms with Crippen molar-refractivity contribution in [2.75, 3.05) is 39.3 Å². The smallest absolute Gasteiger partial charge is 0.0712 e. The molecule has 0 bridgehead atoms. The van der Waals surface area contributed by atoms with Gasteiger partial charge in [0.2, 0.25) is 0 Å². The molecule has 3 heteroatoms. The number of benzene rings is 1. The van der Waals surface area contributed by atoms with E-state index in [9.17, 15) is 0 Å². The first-order valence-corrected chi connectivity index (χ1v) is 8.40. The van der Waals surface area contributed by atoms with Gasteiger partial charge in [0, 0.05) is 32.7 Å². The molecule has 0 aromatic heterocycles. The first kappa shape index (κ1) is 14.4. The number of nitrogens with zero attached hydrogens (tertiary/aromatic N) is 2. The topological polar surface area (TPSA) is 6.48 Å². The van der Waals surface area contributed by atoms with Crippen LogP contribution in [0.1, 0.15) is 35.4 Å². The molecule has 2 nitrogen and oxygen atoms in total. The molecule has 1 saturated heterocycles. The van der Waals surface area contributed by atoms with Crippen molar-refractivity contribution in [3.63, 3.8) is 0 Å². The molecule has 1 fully saturated rings. The monoisotopic (exact) mass is 292 g/mol. The Morgan fingerprint density at radius 1 is 1.05 bits per heavy atom. The van der Waals surface area contributed by atoms with Crippen LogP contribution in [0.15, 0.2) is 18.2 Å². The fraction of sp³-hybridized carbons (Fsp3) is 0.647. The average molecular weight is 293 g/mol. The normalized spacial score (nSPS) is 21.9. The van der Waals surface area contributed by atoms with E-state index in [1.165, 1.54) is 55.6 Å².